The lowest BCUT2D eigenvalue weighted by Gasteiger charge is -2.12. The third-order valence-corrected chi connectivity index (χ3v) is 6.48. The second-order valence-corrected chi connectivity index (χ2v) is 9.16. The van der Waals surface area contributed by atoms with Crippen LogP contribution in [0.2, 0.25) is 0 Å². The van der Waals surface area contributed by atoms with Crippen molar-refractivity contribution in [2.24, 2.45) is 7.05 Å². The van der Waals surface area contributed by atoms with Gasteiger partial charge >= 0.3 is 0 Å². The summed E-state index contributed by atoms with van der Waals surface area (Å²) in [5.41, 5.74) is 1.57. The number of hydrogen-bond donors (Lipinski definition) is 0. The normalized spacial score (nSPS) is 11.2. The Labute approximate surface area is 226 Å². The quantitative estimate of drug-likeness (QED) is 0.255. The van der Waals surface area contributed by atoms with Crippen LogP contribution in [0.3, 0.4) is 0 Å². The van der Waals surface area contributed by atoms with Gasteiger partial charge in [-0.05, 0) is 66.2 Å². The first-order valence-corrected chi connectivity index (χ1v) is 12.3. The molecule has 0 bridgehead atoms. The summed E-state index contributed by atoms with van der Waals surface area (Å²) < 4.78 is 39.2. The lowest BCUT2D eigenvalue weighted by molar-refractivity contribution is 0.0991. The molecule has 0 fully saturated rings. The fourth-order valence-corrected chi connectivity index (χ4v) is 4.49. The van der Waals surface area contributed by atoms with E-state index in [0.29, 0.717) is 28.3 Å². The van der Waals surface area contributed by atoms with E-state index in [1.807, 2.05) is 24.0 Å². The summed E-state index contributed by atoms with van der Waals surface area (Å²) in [7, 11) is 1.86. The molecule has 40 heavy (non-hydrogen) atoms. The molecule has 0 saturated heterocycles. The number of carbonyl (C=O) groups excluding carboxylic acids is 1. The highest BCUT2D eigenvalue weighted by atomic mass is 19.1. The summed E-state index contributed by atoms with van der Waals surface area (Å²) in [6, 6.07) is 16.1. The van der Waals surface area contributed by atoms with Crippen molar-refractivity contribution in [3.63, 3.8) is 0 Å². The van der Waals surface area contributed by atoms with Crippen molar-refractivity contribution in [3.05, 3.63) is 131 Å². The number of Topliss-reactive ketones (excluding diaryl/α,β-unsaturated/α-hetero) is 1. The van der Waals surface area contributed by atoms with Crippen LogP contribution in [0.15, 0.2) is 103 Å². The van der Waals surface area contributed by atoms with E-state index in [0.717, 1.165) is 5.56 Å². The third-order valence-electron chi connectivity index (χ3n) is 6.48. The number of aryl methyl sites for hydroxylation is 1. The molecule has 0 aliphatic carbocycles. The summed E-state index contributed by atoms with van der Waals surface area (Å²) in [4.78, 5) is 30.3. The molecule has 0 N–H and O–H groups in total. The van der Waals surface area contributed by atoms with Crippen LogP contribution in [0.25, 0.3) is 22.6 Å². The Morgan fingerprint density at radius 1 is 0.950 bits per heavy atom. The van der Waals surface area contributed by atoms with Gasteiger partial charge in [-0.3, -0.25) is 14.2 Å². The number of ether oxygens (including phenoxy) is 1. The van der Waals surface area contributed by atoms with E-state index in [2.05, 4.69) is 10.1 Å². The molecule has 8 nitrogen and oxygen atoms in total. The number of fused-ring (bicyclic) bond motifs is 1. The minimum absolute atomic E-state index is 0.0327. The first-order valence-electron chi connectivity index (χ1n) is 12.3. The maximum atomic E-state index is 15.2. The molecule has 0 atom stereocenters. The number of ketones is 1. The molecule has 0 aliphatic rings. The van der Waals surface area contributed by atoms with Gasteiger partial charge in [-0.25, -0.2) is 18.3 Å². The molecule has 10 heteroatoms. The number of imidazole rings is 1. The average molecular weight is 538 g/mol. The molecule has 0 unspecified atom stereocenters. The lowest BCUT2D eigenvalue weighted by atomic mass is 10.0. The minimum Gasteiger partial charge on any atom is -0.452 e. The van der Waals surface area contributed by atoms with Crippen LogP contribution in [0.1, 0.15) is 15.9 Å². The summed E-state index contributed by atoms with van der Waals surface area (Å²) in [5.74, 6) is -0.536. The van der Waals surface area contributed by atoms with Gasteiger partial charge in [-0.15, -0.1) is 0 Å². The molecular formula is C30H21F2N5O3. The van der Waals surface area contributed by atoms with Crippen LogP contribution >= 0.6 is 0 Å². The SMILES string of the molecule is Cn1ccnc1-c1cc(Oc2ccc(CC(=O)c3cccn(-c4ccc(F)cc4)c3=O)cc2F)c2ccnn2c1. The number of nitrogens with zero attached hydrogens (tertiary/aromatic N) is 5. The predicted molar refractivity (Wildman–Crippen MR) is 144 cm³/mol. The molecule has 4 heterocycles. The number of rotatable bonds is 7. The Morgan fingerprint density at radius 3 is 2.52 bits per heavy atom. The maximum Gasteiger partial charge on any atom is 0.265 e. The standard InChI is InChI=1S/C30H21F2N5O3/c1-35-14-12-33-29(35)20-17-28(25-10-11-34-37(25)18-20)40-27-9-4-19(15-24(27)32)16-26(38)23-3-2-13-36(30(23)39)22-7-5-21(31)6-8-22/h2-15,17-18H,16H2,1H3. The van der Waals surface area contributed by atoms with Gasteiger partial charge in [0.15, 0.2) is 23.1 Å². The van der Waals surface area contributed by atoms with Gasteiger partial charge in [0, 0.05) is 49.5 Å². The first-order chi connectivity index (χ1) is 19.4. The zero-order chi connectivity index (χ0) is 27.8. The topological polar surface area (TPSA) is 83.4 Å². The molecule has 198 valence electrons. The molecule has 0 spiro atoms. The fourth-order valence-electron chi connectivity index (χ4n) is 4.49. The van der Waals surface area contributed by atoms with E-state index in [-0.39, 0.29) is 17.7 Å². The smallest absolute Gasteiger partial charge is 0.265 e. The molecule has 4 aromatic heterocycles. The highest BCUT2D eigenvalue weighted by Gasteiger charge is 2.17. The zero-order valence-electron chi connectivity index (χ0n) is 21.2. The molecule has 0 amide bonds. The van der Waals surface area contributed by atoms with Crippen molar-refractivity contribution in [3.8, 4) is 28.6 Å². The van der Waals surface area contributed by atoms with Crippen LogP contribution in [0.5, 0.6) is 11.5 Å². The summed E-state index contributed by atoms with van der Waals surface area (Å²) in [6.45, 7) is 0. The van der Waals surface area contributed by atoms with Crippen LogP contribution < -0.4 is 10.3 Å². The molecule has 6 aromatic rings. The number of hydrogen-bond acceptors (Lipinski definition) is 5. The zero-order valence-corrected chi connectivity index (χ0v) is 21.2. The number of carbonyl (C=O) groups is 1. The Hall–Kier alpha value is -5.38. The van der Waals surface area contributed by atoms with E-state index in [9.17, 15) is 14.0 Å². The molecule has 0 radical (unpaired) electrons. The average Bonchev–Trinajstić information content (AvgIpc) is 3.60. The van der Waals surface area contributed by atoms with E-state index in [1.165, 1.54) is 53.2 Å². The van der Waals surface area contributed by atoms with Crippen LogP contribution in [-0.2, 0) is 13.5 Å². The van der Waals surface area contributed by atoms with Gasteiger partial charge in [0.2, 0.25) is 0 Å². The molecule has 6 rings (SSSR count). The Morgan fingerprint density at radius 2 is 1.77 bits per heavy atom. The van der Waals surface area contributed by atoms with Crippen molar-refractivity contribution in [1.82, 2.24) is 23.7 Å². The Bertz CT molecular complexity index is 1940. The molecular weight excluding hydrogens is 516 g/mol. The van der Waals surface area contributed by atoms with Gasteiger partial charge in [-0.2, -0.15) is 5.10 Å². The second-order valence-electron chi connectivity index (χ2n) is 9.16. The molecule has 0 aliphatic heterocycles. The maximum absolute atomic E-state index is 15.2. The Balaban J connectivity index is 1.25. The van der Waals surface area contributed by atoms with E-state index < -0.39 is 23.0 Å². The highest BCUT2D eigenvalue weighted by Crippen LogP contribution is 2.32. The minimum atomic E-state index is -0.665. The summed E-state index contributed by atoms with van der Waals surface area (Å²) in [6.07, 6.45) is 8.22. The fraction of sp³-hybridized carbons (Fsp3) is 0.0667. The van der Waals surface area contributed by atoms with Gasteiger partial charge < -0.3 is 9.30 Å². The highest BCUT2D eigenvalue weighted by molar-refractivity contribution is 5.97. The Kier molecular flexibility index (Phi) is 6.27. The van der Waals surface area contributed by atoms with Crippen LogP contribution in [0.4, 0.5) is 8.78 Å². The van der Waals surface area contributed by atoms with Gasteiger partial charge in [0.05, 0.1) is 11.8 Å². The number of halogens is 2. The summed E-state index contributed by atoms with van der Waals surface area (Å²) >= 11 is 0. The van der Waals surface area contributed by atoms with Crippen LogP contribution in [-0.4, -0.2) is 29.5 Å². The van der Waals surface area contributed by atoms with E-state index in [1.54, 1.807) is 41.2 Å². The third kappa shape index (κ3) is 4.66. The van der Waals surface area contributed by atoms with Gasteiger partial charge in [0.25, 0.3) is 5.56 Å². The monoisotopic (exact) mass is 537 g/mol. The van der Waals surface area contributed by atoms with E-state index >= 15 is 4.39 Å². The van der Waals surface area contributed by atoms with Crippen molar-refractivity contribution >= 4 is 11.3 Å². The van der Waals surface area contributed by atoms with Gasteiger partial charge in [-0.1, -0.05) is 6.07 Å². The van der Waals surface area contributed by atoms with E-state index in [4.69, 9.17) is 4.74 Å². The van der Waals surface area contributed by atoms with Crippen molar-refractivity contribution in [1.29, 1.82) is 0 Å². The lowest BCUT2D eigenvalue weighted by Crippen LogP contribution is -2.25. The first kappa shape index (κ1) is 24.9. The summed E-state index contributed by atoms with van der Waals surface area (Å²) in [5, 5.41) is 4.28. The van der Waals surface area contributed by atoms with Crippen molar-refractivity contribution in [2.75, 3.05) is 0 Å². The van der Waals surface area contributed by atoms with Crippen molar-refractivity contribution < 1.29 is 18.3 Å². The number of benzene rings is 2. The number of pyridine rings is 2. The van der Waals surface area contributed by atoms with Gasteiger partial charge in [0.1, 0.15) is 17.2 Å². The van der Waals surface area contributed by atoms with Crippen LogP contribution in [0, 0.1) is 11.6 Å². The molecule has 2 aromatic carbocycles. The predicted octanol–water partition coefficient (Wildman–Crippen LogP) is 5.38. The number of aromatic nitrogens is 5. The molecule has 0 saturated carbocycles. The largest absolute Gasteiger partial charge is 0.452 e. The second kappa shape index (κ2) is 10.1. The van der Waals surface area contributed by atoms with Crippen molar-refractivity contribution in [2.45, 2.75) is 6.42 Å².